The van der Waals surface area contributed by atoms with Gasteiger partial charge in [-0.15, -0.1) is 0 Å². The van der Waals surface area contributed by atoms with E-state index in [0.717, 1.165) is 5.52 Å². The second-order valence-corrected chi connectivity index (χ2v) is 5.60. The van der Waals surface area contributed by atoms with E-state index in [1.807, 2.05) is 18.2 Å². The van der Waals surface area contributed by atoms with Gasteiger partial charge in [-0.1, -0.05) is 30.3 Å². The molecule has 0 spiro atoms. The molecular weight excluding hydrogens is 323 g/mol. The normalized spacial score (nSPS) is 12.0. The van der Waals surface area contributed by atoms with E-state index in [-0.39, 0.29) is 11.6 Å². The molecule has 0 saturated heterocycles. The molecule has 1 heterocycles. The molecule has 6 heteroatoms. The van der Waals surface area contributed by atoms with E-state index in [9.17, 15) is 14.0 Å². The molecule has 1 atom stereocenters. The Hall–Kier alpha value is -3.15. The van der Waals surface area contributed by atoms with Crippen molar-refractivity contribution in [3.05, 3.63) is 66.1 Å². The van der Waals surface area contributed by atoms with Crippen LogP contribution in [0.3, 0.4) is 0 Å². The molecule has 1 aromatic heterocycles. The summed E-state index contributed by atoms with van der Waals surface area (Å²) in [5, 5.41) is 3.27. The summed E-state index contributed by atoms with van der Waals surface area (Å²) in [6, 6.07) is 12.6. The minimum absolute atomic E-state index is 0.115. The number of benzene rings is 2. The third kappa shape index (κ3) is 3.10. The Kier molecular flexibility index (Phi) is 4.52. The van der Waals surface area contributed by atoms with Crippen LogP contribution in [0.15, 0.2) is 54.7 Å². The van der Waals surface area contributed by atoms with E-state index in [1.54, 1.807) is 35.9 Å². The molecule has 0 fully saturated rings. The SMILES string of the molecule is COC(=O)c1cn([C@@H](C)C(=O)Nc2ccccc2F)c2ccccc12. The van der Waals surface area contributed by atoms with Crippen molar-refractivity contribution in [3.8, 4) is 0 Å². The van der Waals surface area contributed by atoms with E-state index in [1.165, 1.54) is 19.2 Å². The molecule has 0 saturated carbocycles. The van der Waals surface area contributed by atoms with Crippen molar-refractivity contribution in [2.24, 2.45) is 0 Å². The van der Waals surface area contributed by atoms with Crippen LogP contribution in [0.1, 0.15) is 23.3 Å². The monoisotopic (exact) mass is 340 g/mol. The van der Waals surface area contributed by atoms with Crippen LogP contribution in [0.2, 0.25) is 0 Å². The minimum atomic E-state index is -0.650. The van der Waals surface area contributed by atoms with Gasteiger partial charge in [0.15, 0.2) is 0 Å². The number of nitrogens with one attached hydrogen (secondary N) is 1. The molecule has 2 aromatic carbocycles. The van der Waals surface area contributed by atoms with Crippen LogP contribution in [-0.4, -0.2) is 23.6 Å². The number of carbonyl (C=O) groups excluding carboxylic acids is 2. The Bertz CT molecular complexity index is 949. The summed E-state index contributed by atoms with van der Waals surface area (Å²) in [5.74, 6) is -1.37. The lowest BCUT2D eigenvalue weighted by Crippen LogP contribution is -2.23. The molecule has 0 aliphatic carbocycles. The van der Waals surface area contributed by atoms with E-state index in [4.69, 9.17) is 4.74 Å². The maximum absolute atomic E-state index is 13.7. The van der Waals surface area contributed by atoms with Crippen LogP contribution in [0, 0.1) is 5.82 Å². The lowest BCUT2D eigenvalue weighted by molar-refractivity contribution is -0.118. The van der Waals surface area contributed by atoms with Crippen molar-refractivity contribution < 1.29 is 18.7 Å². The molecule has 0 radical (unpaired) electrons. The lowest BCUT2D eigenvalue weighted by atomic mass is 10.2. The van der Waals surface area contributed by atoms with Gasteiger partial charge in [-0.3, -0.25) is 4.79 Å². The summed E-state index contributed by atoms with van der Waals surface area (Å²) >= 11 is 0. The number of hydrogen-bond donors (Lipinski definition) is 1. The van der Waals surface area contributed by atoms with Crippen LogP contribution >= 0.6 is 0 Å². The number of esters is 1. The van der Waals surface area contributed by atoms with E-state index >= 15 is 0 Å². The predicted molar refractivity (Wildman–Crippen MR) is 93.0 cm³/mol. The highest BCUT2D eigenvalue weighted by Gasteiger charge is 2.22. The number of nitrogens with zero attached hydrogens (tertiary/aromatic N) is 1. The fraction of sp³-hybridized carbons (Fsp3) is 0.158. The molecule has 3 aromatic rings. The Morgan fingerprint density at radius 1 is 1.12 bits per heavy atom. The van der Waals surface area contributed by atoms with Crippen LogP contribution in [0.4, 0.5) is 10.1 Å². The average molecular weight is 340 g/mol. The first-order chi connectivity index (χ1) is 12.0. The van der Waals surface area contributed by atoms with Gasteiger partial charge in [0, 0.05) is 17.1 Å². The third-order valence-electron chi connectivity index (χ3n) is 4.07. The maximum Gasteiger partial charge on any atom is 0.340 e. The predicted octanol–water partition coefficient (Wildman–Crippen LogP) is 3.77. The van der Waals surface area contributed by atoms with Crippen LogP contribution in [0.25, 0.3) is 10.9 Å². The summed E-state index contributed by atoms with van der Waals surface area (Å²) in [6.45, 7) is 1.68. The van der Waals surface area contributed by atoms with Gasteiger partial charge in [-0.2, -0.15) is 0 Å². The molecule has 1 N–H and O–H groups in total. The molecule has 1 amide bonds. The van der Waals surface area contributed by atoms with Gasteiger partial charge >= 0.3 is 5.97 Å². The first kappa shape index (κ1) is 16.7. The Morgan fingerprint density at radius 3 is 2.52 bits per heavy atom. The van der Waals surface area contributed by atoms with Crippen molar-refractivity contribution >= 4 is 28.5 Å². The van der Waals surface area contributed by atoms with Gasteiger partial charge in [0.05, 0.1) is 18.4 Å². The van der Waals surface area contributed by atoms with E-state index < -0.39 is 17.8 Å². The third-order valence-corrected chi connectivity index (χ3v) is 4.07. The number of anilines is 1. The number of halogens is 1. The number of fused-ring (bicyclic) bond motifs is 1. The van der Waals surface area contributed by atoms with E-state index in [0.29, 0.717) is 10.9 Å². The quantitative estimate of drug-likeness (QED) is 0.736. The molecule has 128 valence electrons. The van der Waals surface area contributed by atoms with Crippen molar-refractivity contribution in [2.45, 2.75) is 13.0 Å². The molecule has 0 aliphatic heterocycles. The highest BCUT2D eigenvalue weighted by Crippen LogP contribution is 2.26. The molecule has 0 bridgehead atoms. The molecule has 5 nitrogen and oxygen atoms in total. The first-order valence-electron chi connectivity index (χ1n) is 7.76. The highest BCUT2D eigenvalue weighted by molar-refractivity contribution is 6.05. The van der Waals surface area contributed by atoms with Gasteiger partial charge in [0.2, 0.25) is 5.91 Å². The number of hydrogen-bond acceptors (Lipinski definition) is 3. The van der Waals surface area contributed by atoms with Gasteiger partial charge in [-0.05, 0) is 25.1 Å². The average Bonchev–Trinajstić information content (AvgIpc) is 3.02. The summed E-state index contributed by atoms with van der Waals surface area (Å²) in [4.78, 5) is 24.5. The molecule has 25 heavy (non-hydrogen) atoms. The maximum atomic E-state index is 13.7. The van der Waals surface area contributed by atoms with Gasteiger partial charge in [0.1, 0.15) is 11.9 Å². The topological polar surface area (TPSA) is 60.3 Å². The number of amides is 1. The fourth-order valence-electron chi connectivity index (χ4n) is 2.72. The molecule has 0 aliphatic rings. The highest BCUT2D eigenvalue weighted by atomic mass is 19.1. The van der Waals surface area contributed by atoms with Crippen molar-refractivity contribution in [2.75, 3.05) is 12.4 Å². The first-order valence-corrected chi connectivity index (χ1v) is 7.76. The molecule has 0 unspecified atom stereocenters. The van der Waals surface area contributed by atoms with Gasteiger partial charge < -0.3 is 14.6 Å². The lowest BCUT2D eigenvalue weighted by Gasteiger charge is -2.15. The zero-order valence-corrected chi connectivity index (χ0v) is 13.8. The zero-order chi connectivity index (χ0) is 18.0. The Morgan fingerprint density at radius 2 is 1.80 bits per heavy atom. The summed E-state index contributed by atoms with van der Waals surface area (Å²) in [6.07, 6.45) is 1.59. The van der Waals surface area contributed by atoms with Crippen molar-refractivity contribution in [1.29, 1.82) is 0 Å². The second-order valence-electron chi connectivity index (χ2n) is 5.60. The Balaban J connectivity index is 1.97. The van der Waals surface area contributed by atoms with Gasteiger partial charge in [0.25, 0.3) is 0 Å². The van der Waals surface area contributed by atoms with Crippen molar-refractivity contribution in [3.63, 3.8) is 0 Å². The molecular formula is C19H17FN2O3. The molecule has 3 rings (SSSR count). The number of ether oxygens (including phenoxy) is 1. The summed E-state index contributed by atoms with van der Waals surface area (Å²) < 4.78 is 20.2. The number of aromatic nitrogens is 1. The Labute approximate surface area is 144 Å². The number of methoxy groups -OCH3 is 1. The van der Waals surface area contributed by atoms with Crippen LogP contribution < -0.4 is 5.32 Å². The summed E-state index contributed by atoms with van der Waals surface area (Å²) in [5.41, 5.74) is 1.21. The van der Waals surface area contributed by atoms with Crippen molar-refractivity contribution in [1.82, 2.24) is 4.57 Å². The van der Waals surface area contributed by atoms with Crippen LogP contribution in [0.5, 0.6) is 0 Å². The number of rotatable bonds is 4. The van der Waals surface area contributed by atoms with Crippen LogP contribution in [-0.2, 0) is 9.53 Å². The smallest absolute Gasteiger partial charge is 0.340 e. The number of carbonyl (C=O) groups is 2. The van der Waals surface area contributed by atoms with Gasteiger partial charge in [-0.25, -0.2) is 9.18 Å². The van der Waals surface area contributed by atoms with E-state index in [2.05, 4.69) is 5.32 Å². The standard InChI is InChI=1S/C19H17FN2O3/c1-12(18(23)21-16-9-5-4-8-15(16)20)22-11-14(19(24)25-2)13-7-3-6-10-17(13)22/h3-12H,1-2H3,(H,21,23)/t12-/m0/s1. The summed E-state index contributed by atoms with van der Waals surface area (Å²) in [7, 11) is 1.31. The largest absolute Gasteiger partial charge is 0.465 e. The zero-order valence-electron chi connectivity index (χ0n) is 13.8. The number of para-hydroxylation sites is 2. The minimum Gasteiger partial charge on any atom is -0.465 e. The second kappa shape index (κ2) is 6.76. The fourth-order valence-corrected chi connectivity index (χ4v) is 2.72.